The van der Waals surface area contributed by atoms with E-state index in [0.717, 1.165) is 11.5 Å². The number of anilines is 2. The number of pyridine rings is 3. The van der Waals surface area contributed by atoms with Crippen molar-refractivity contribution >= 4 is 46.1 Å². The summed E-state index contributed by atoms with van der Waals surface area (Å²) in [6.07, 6.45) is 4.10. The minimum atomic E-state index is -1.34. The monoisotopic (exact) mass is 581 g/mol. The SMILES string of the molecule is COCCOCCOc1ccc(NC(=O)C2CN(c3cc(C)c4c(=O)c(C(=O)O)cn(-c5ncns5)c4n3)C2)nc1. The molecule has 0 unspecified atom stereocenters. The van der Waals surface area contributed by atoms with Crippen LogP contribution in [-0.4, -0.2) is 87.5 Å². The summed E-state index contributed by atoms with van der Waals surface area (Å²) in [5, 5.41) is 13.0. The number of hydrogen-bond donors (Lipinski definition) is 2. The molecule has 0 bridgehead atoms. The number of aromatic carboxylic acids is 1. The number of methoxy groups -OCH3 is 1. The molecule has 1 amide bonds. The number of aryl methyl sites for hydroxylation is 1. The third-order valence-electron chi connectivity index (χ3n) is 6.42. The molecule has 15 heteroatoms. The minimum Gasteiger partial charge on any atom is -0.490 e. The molecule has 0 spiro atoms. The molecule has 0 saturated carbocycles. The van der Waals surface area contributed by atoms with Gasteiger partial charge in [-0.2, -0.15) is 4.37 Å². The minimum absolute atomic E-state index is 0.177. The van der Waals surface area contributed by atoms with E-state index in [1.54, 1.807) is 32.2 Å². The smallest absolute Gasteiger partial charge is 0.341 e. The summed E-state index contributed by atoms with van der Waals surface area (Å²) >= 11 is 1.05. The van der Waals surface area contributed by atoms with Crippen LogP contribution in [0.2, 0.25) is 0 Å². The molecule has 0 atom stereocenters. The maximum absolute atomic E-state index is 13.0. The Morgan fingerprint density at radius 1 is 1.17 bits per heavy atom. The van der Waals surface area contributed by atoms with Crippen LogP contribution in [0.5, 0.6) is 5.75 Å². The van der Waals surface area contributed by atoms with Crippen LogP contribution in [0.25, 0.3) is 16.2 Å². The van der Waals surface area contributed by atoms with Crippen molar-refractivity contribution in [1.29, 1.82) is 0 Å². The van der Waals surface area contributed by atoms with E-state index in [4.69, 9.17) is 14.2 Å². The lowest BCUT2D eigenvalue weighted by Crippen LogP contribution is -2.52. The average molecular weight is 582 g/mol. The summed E-state index contributed by atoms with van der Waals surface area (Å²) in [6.45, 7) is 4.36. The third-order valence-corrected chi connectivity index (χ3v) is 7.09. The fourth-order valence-electron chi connectivity index (χ4n) is 4.27. The number of carboxylic acid groups (broad SMARTS) is 1. The Bertz CT molecular complexity index is 1600. The van der Waals surface area contributed by atoms with Crippen LogP contribution in [0, 0.1) is 12.8 Å². The first kappa shape index (κ1) is 28.1. The molecule has 14 nitrogen and oxygen atoms in total. The van der Waals surface area contributed by atoms with Crippen LogP contribution in [0.15, 0.2) is 41.7 Å². The van der Waals surface area contributed by atoms with Crippen LogP contribution >= 0.6 is 11.5 Å². The third kappa shape index (κ3) is 6.16. The number of hydrogen-bond acceptors (Lipinski definition) is 12. The molecule has 41 heavy (non-hydrogen) atoms. The predicted octanol–water partition coefficient (Wildman–Crippen LogP) is 1.76. The maximum Gasteiger partial charge on any atom is 0.341 e. The number of nitrogens with zero attached hydrogens (tertiary/aromatic N) is 6. The molecule has 0 radical (unpaired) electrons. The highest BCUT2D eigenvalue weighted by Crippen LogP contribution is 2.29. The van der Waals surface area contributed by atoms with Gasteiger partial charge in [-0.1, -0.05) is 0 Å². The molecule has 5 heterocycles. The number of amides is 1. The zero-order valence-corrected chi connectivity index (χ0v) is 23.1. The van der Waals surface area contributed by atoms with Gasteiger partial charge in [0.05, 0.1) is 37.3 Å². The first-order valence-electron chi connectivity index (χ1n) is 12.6. The Kier molecular flexibility index (Phi) is 8.47. The Morgan fingerprint density at radius 2 is 1.98 bits per heavy atom. The summed E-state index contributed by atoms with van der Waals surface area (Å²) in [4.78, 5) is 52.5. The van der Waals surface area contributed by atoms with E-state index in [9.17, 15) is 19.5 Å². The number of aromatic nitrogens is 5. The molecule has 214 valence electrons. The van der Waals surface area contributed by atoms with Crippen molar-refractivity contribution in [3.05, 3.63) is 58.3 Å². The van der Waals surface area contributed by atoms with Crippen LogP contribution in [0.1, 0.15) is 15.9 Å². The van der Waals surface area contributed by atoms with Gasteiger partial charge in [-0.05, 0) is 30.7 Å². The van der Waals surface area contributed by atoms with Crippen molar-refractivity contribution in [1.82, 2.24) is 23.9 Å². The average Bonchev–Trinajstić information content (AvgIpc) is 3.45. The first-order valence-corrected chi connectivity index (χ1v) is 13.4. The van der Waals surface area contributed by atoms with Crippen molar-refractivity contribution in [2.24, 2.45) is 5.92 Å². The molecular formula is C26H27N7O7S. The quantitative estimate of drug-likeness (QED) is 0.233. The predicted molar refractivity (Wildman–Crippen MR) is 149 cm³/mol. The van der Waals surface area contributed by atoms with Crippen molar-refractivity contribution in [2.75, 3.05) is 56.8 Å². The van der Waals surface area contributed by atoms with Crippen molar-refractivity contribution in [2.45, 2.75) is 6.92 Å². The van der Waals surface area contributed by atoms with Crippen LogP contribution in [-0.2, 0) is 14.3 Å². The summed E-state index contributed by atoms with van der Waals surface area (Å²) in [5.41, 5.74) is -0.166. The fraction of sp³-hybridized carbons (Fsp3) is 0.346. The highest BCUT2D eigenvalue weighted by molar-refractivity contribution is 7.08. The largest absolute Gasteiger partial charge is 0.490 e. The molecule has 1 aliphatic heterocycles. The Labute approximate surface area is 237 Å². The fourth-order valence-corrected chi connectivity index (χ4v) is 4.78. The van der Waals surface area contributed by atoms with Gasteiger partial charge in [-0.3, -0.25) is 14.2 Å². The van der Waals surface area contributed by atoms with Crippen LogP contribution < -0.4 is 20.4 Å². The Balaban J connectivity index is 1.24. The lowest BCUT2D eigenvalue weighted by molar-refractivity contribution is -0.120. The van der Waals surface area contributed by atoms with Gasteiger partial charge in [0, 0.05) is 37.9 Å². The van der Waals surface area contributed by atoms with E-state index in [1.165, 1.54) is 23.3 Å². The second-order valence-electron chi connectivity index (χ2n) is 9.19. The van der Waals surface area contributed by atoms with E-state index in [-0.39, 0.29) is 28.4 Å². The number of nitrogens with one attached hydrogen (secondary N) is 1. The molecule has 0 aromatic carbocycles. The van der Waals surface area contributed by atoms with Crippen molar-refractivity contribution in [3.8, 4) is 10.9 Å². The van der Waals surface area contributed by atoms with Gasteiger partial charge >= 0.3 is 5.97 Å². The second kappa shape index (κ2) is 12.4. The topological polar surface area (TPSA) is 171 Å². The van der Waals surface area contributed by atoms with Gasteiger partial charge < -0.3 is 29.5 Å². The Morgan fingerprint density at radius 3 is 2.66 bits per heavy atom. The zero-order chi connectivity index (χ0) is 28.9. The highest BCUT2D eigenvalue weighted by atomic mass is 32.1. The normalized spacial score (nSPS) is 13.3. The van der Waals surface area contributed by atoms with Gasteiger partial charge in [-0.15, -0.1) is 0 Å². The van der Waals surface area contributed by atoms with Gasteiger partial charge in [0.1, 0.15) is 35.9 Å². The highest BCUT2D eigenvalue weighted by Gasteiger charge is 2.34. The first-order chi connectivity index (χ1) is 19.9. The maximum atomic E-state index is 13.0. The van der Waals surface area contributed by atoms with E-state index in [1.807, 2.05) is 4.90 Å². The van der Waals surface area contributed by atoms with Crippen LogP contribution in [0.3, 0.4) is 0 Å². The summed E-state index contributed by atoms with van der Waals surface area (Å²) in [5.74, 6) is -0.279. The summed E-state index contributed by atoms with van der Waals surface area (Å²) < 4.78 is 21.3. The molecule has 1 saturated heterocycles. The number of carbonyl (C=O) groups is 2. The van der Waals surface area contributed by atoms with Gasteiger partial charge in [-0.25, -0.2) is 19.7 Å². The van der Waals surface area contributed by atoms with Crippen molar-refractivity contribution < 1.29 is 28.9 Å². The molecule has 4 aromatic heterocycles. The number of fused-ring (bicyclic) bond motifs is 1. The summed E-state index contributed by atoms with van der Waals surface area (Å²) in [7, 11) is 1.61. The molecule has 1 fully saturated rings. The van der Waals surface area contributed by atoms with Crippen molar-refractivity contribution in [3.63, 3.8) is 0 Å². The van der Waals surface area contributed by atoms with Gasteiger partial charge in [0.15, 0.2) is 5.65 Å². The van der Waals surface area contributed by atoms with Crippen LogP contribution in [0.4, 0.5) is 11.6 Å². The molecule has 0 aliphatic carbocycles. The van der Waals surface area contributed by atoms with E-state index < -0.39 is 11.4 Å². The van der Waals surface area contributed by atoms with E-state index >= 15 is 0 Å². The number of carbonyl (C=O) groups excluding carboxylic acids is 1. The van der Waals surface area contributed by atoms with E-state index in [0.29, 0.717) is 67.6 Å². The molecule has 5 rings (SSSR count). The molecule has 2 N–H and O–H groups in total. The summed E-state index contributed by atoms with van der Waals surface area (Å²) in [6, 6.07) is 5.11. The molecule has 1 aliphatic rings. The van der Waals surface area contributed by atoms with Gasteiger partial charge in [0.25, 0.3) is 0 Å². The zero-order valence-electron chi connectivity index (χ0n) is 22.3. The standard InChI is InChI=1S/C26H27N7O7S/c1-15-9-20(31-23-21(15)22(34)18(25(36)37)13-33(23)26-28-14-29-41-26)32-11-16(12-32)24(35)30-19-4-3-17(10-27-19)40-8-7-39-6-5-38-2/h3-4,9-10,13-14,16H,5-8,11-12H2,1-2H3,(H,36,37)(H,27,30,35). The number of ether oxygens (including phenoxy) is 3. The Hall–Kier alpha value is -4.47. The van der Waals surface area contributed by atoms with E-state index in [2.05, 4.69) is 24.6 Å². The molecule has 4 aromatic rings. The number of rotatable bonds is 12. The lowest BCUT2D eigenvalue weighted by Gasteiger charge is -2.39. The second-order valence-corrected chi connectivity index (χ2v) is 9.95. The lowest BCUT2D eigenvalue weighted by atomic mass is 9.98. The van der Waals surface area contributed by atoms with Gasteiger partial charge in [0.2, 0.25) is 16.5 Å². The number of carboxylic acids is 1. The molecular weight excluding hydrogens is 554 g/mol.